The first kappa shape index (κ1) is 17.3. The summed E-state index contributed by atoms with van der Waals surface area (Å²) in [5.74, 6) is -2.49. The summed E-state index contributed by atoms with van der Waals surface area (Å²) < 4.78 is 28.2. The van der Waals surface area contributed by atoms with Crippen LogP contribution in [-0.4, -0.2) is 27.7 Å². The van der Waals surface area contributed by atoms with Gasteiger partial charge in [-0.25, -0.2) is 8.78 Å². The lowest BCUT2D eigenvalue weighted by Crippen LogP contribution is -2.31. The highest BCUT2D eigenvalue weighted by Crippen LogP contribution is 2.32. The minimum absolute atomic E-state index is 0.0136. The summed E-state index contributed by atoms with van der Waals surface area (Å²) in [6, 6.07) is 7.03. The largest absolute Gasteiger partial charge is 0.353 e. The van der Waals surface area contributed by atoms with Crippen LogP contribution in [0.5, 0.6) is 0 Å². The van der Waals surface area contributed by atoms with Crippen LogP contribution >= 0.6 is 0 Å². The van der Waals surface area contributed by atoms with E-state index >= 15 is 0 Å². The fourth-order valence-corrected chi connectivity index (χ4v) is 3.37. The Labute approximate surface area is 145 Å². The van der Waals surface area contributed by atoms with Gasteiger partial charge in [0.15, 0.2) is 17.4 Å². The zero-order valence-electron chi connectivity index (χ0n) is 14.0. The van der Waals surface area contributed by atoms with Gasteiger partial charge in [0.05, 0.1) is 6.04 Å². The second-order valence-corrected chi connectivity index (χ2v) is 6.34. The van der Waals surface area contributed by atoms with Crippen LogP contribution in [0.3, 0.4) is 0 Å². The average Bonchev–Trinajstić information content (AvgIpc) is 3.23. The number of hydrogen-bond donors (Lipinski definition) is 0. The standard InChI is InChI=1S/C19H20F2N2O2/c1-22-10-2-4-16(22)17-5-3-11-23(17)19(25)9-8-18(24)13-6-7-14(20)15(21)12-13/h2,4,6-7,10,12,17H,3,5,8-9,11H2,1H3/t17-/m0/s1. The van der Waals surface area contributed by atoms with Gasteiger partial charge in [0.1, 0.15) is 0 Å². The second-order valence-electron chi connectivity index (χ2n) is 6.34. The predicted octanol–water partition coefficient (Wildman–Crippen LogP) is 3.63. The van der Waals surface area contributed by atoms with Crippen molar-refractivity contribution in [2.75, 3.05) is 6.54 Å². The molecule has 132 valence electrons. The molecule has 1 saturated heterocycles. The molecule has 0 radical (unpaired) electrons. The number of ketones is 1. The van der Waals surface area contributed by atoms with E-state index in [2.05, 4.69) is 0 Å². The molecule has 0 spiro atoms. The number of aryl methyl sites for hydroxylation is 1. The lowest BCUT2D eigenvalue weighted by atomic mass is 10.1. The molecule has 1 aliphatic heterocycles. The van der Waals surface area contributed by atoms with Gasteiger partial charge in [-0.1, -0.05) is 0 Å². The van der Waals surface area contributed by atoms with Crippen LogP contribution in [0.2, 0.25) is 0 Å². The quantitative estimate of drug-likeness (QED) is 0.776. The molecule has 6 heteroatoms. The third kappa shape index (κ3) is 3.62. The van der Waals surface area contributed by atoms with Crippen molar-refractivity contribution in [1.82, 2.24) is 9.47 Å². The number of nitrogens with zero attached hydrogens (tertiary/aromatic N) is 2. The van der Waals surface area contributed by atoms with Crippen molar-refractivity contribution in [3.05, 3.63) is 59.4 Å². The molecule has 1 aromatic heterocycles. The minimum Gasteiger partial charge on any atom is -0.353 e. The maximum Gasteiger partial charge on any atom is 0.223 e. The van der Waals surface area contributed by atoms with E-state index < -0.39 is 11.6 Å². The maximum atomic E-state index is 13.2. The van der Waals surface area contributed by atoms with Crippen molar-refractivity contribution in [1.29, 1.82) is 0 Å². The van der Waals surface area contributed by atoms with Crippen LogP contribution in [0.1, 0.15) is 47.8 Å². The Balaban J connectivity index is 1.63. The molecule has 1 amide bonds. The number of carbonyl (C=O) groups excluding carboxylic acids is 2. The molecule has 3 rings (SSSR count). The Morgan fingerprint density at radius 1 is 1.16 bits per heavy atom. The van der Waals surface area contributed by atoms with Gasteiger partial charge < -0.3 is 9.47 Å². The molecular weight excluding hydrogens is 326 g/mol. The number of benzene rings is 1. The molecule has 0 aliphatic carbocycles. The number of hydrogen-bond acceptors (Lipinski definition) is 2. The molecular formula is C19H20F2N2O2. The summed E-state index contributed by atoms with van der Waals surface area (Å²) in [6.07, 6.45) is 3.83. The third-order valence-electron chi connectivity index (χ3n) is 4.71. The highest BCUT2D eigenvalue weighted by molar-refractivity contribution is 5.98. The smallest absolute Gasteiger partial charge is 0.223 e. The molecule has 0 bridgehead atoms. The average molecular weight is 346 g/mol. The molecule has 2 heterocycles. The molecule has 0 unspecified atom stereocenters. The molecule has 1 atom stereocenters. The number of halogens is 2. The zero-order valence-corrected chi connectivity index (χ0v) is 14.0. The molecule has 1 fully saturated rings. The van der Waals surface area contributed by atoms with E-state index in [0.29, 0.717) is 6.54 Å². The number of amides is 1. The maximum absolute atomic E-state index is 13.2. The zero-order chi connectivity index (χ0) is 18.0. The van der Waals surface area contributed by atoms with Gasteiger partial charge in [0, 0.05) is 43.9 Å². The van der Waals surface area contributed by atoms with Crippen LogP contribution in [0, 0.1) is 11.6 Å². The molecule has 25 heavy (non-hydrogen) atoms. The van der Waals surface area contributed by atoms with E-state index in [4.69, 9.17) is 0 Å². The van der Waals surface area contributed by atoms with E-state index in [1.165, 1.54) is 6.07 Å². The highest BCUT2D eigenvalue weighted by Gasteiger charge is 2.31. The first-order valence-corrected chi connectivity index (χ1v) is 8.36. The SMILES string of the molecule is Cn1cccc1[C@@H]1CCCN1C(=O)CCC(=O)c1ccc(F)c(F)c1. The molecule has 1 aliphatic rings. The number of rotatable bonds is 5. The Kier molecular flexibility index (Phi) is 4.97. The van der Waals surface area contributed by atoms with Gasteiger partial charge in [-0.2, -0.15) is 0 Å². The van der Waals surface area contributed by atoms with Crippen LogP contribution < -0.4 is 0 Å². The van der Waals surface area contributed by atoms with Crippen molar-refractivity contribution in [3.8, 4) is 0 Å². The fourth-order valence-electron chi connectivity index (χ4n) is 3.37. The van der Waals surface area contributed by atoms with Gasteiger partial charge in [-0.05, 0) is 43.2 Å². The molecule has 4 nitrogen and oxygen atoms in total. The summed E-state index contributed by atoms with van der Waals surface area (Å²) in [4.78, 5) is 26.5. The Hall–Kier alpha value is -2.50. The lowest BCUT2D eigenvalue weighted by molar-refractivity contribution is -0.132. The van der Waals surface area contributed by atoms with Crippen LogP contribution in [-0.2, 0) is 11.8 Å². The minimum atomic E-state index is -1.06. The highest BCUT2D eigenvalue weighted by atomic mass is 19.2. The van der Waals surface area contributed by atoms with Gasteiger partial charge in [-0.15, -0.1) is 0 Å². The van der Waals surface area contributed by atoms with Gasteiger partial charge in [-0.3, -0.25) is 9.59 Å². The normalized spacial score (nSPS) is 17.1. The number of aromatic nitrogens is 1. The van der Waals surface area contributed by atoms with Crippen molar-refractivity contribution in [2.45, 2.75) is 31.7 Å². The monoisotopic (exact) mass is 346 g/mol. The van der Waals surface area contributed by atoms with Gasteiger partial charge >= 0.3 is 0 Å². The summed E-state index contributed by atoms with van der Waals surface area (Å²) in [6.45, 7) is 0.675. The van der Waals surface area contributed by atoms with E-state index in [1.54, 1.807) is 0 Å². The van der Waals surface area contributed by atoms with Crippen molar-refractivity contribution >= 4 is 11.7 Å². The topological polar surface area (TPSA) is 42.3 Å². The Morgan fingerprint density at radius 2 is 1.96 bits per heavy atom. The molecule has 1 aromatic carbocycles. The second kappa shape index (κ2) is 7.17. The van der Waals surface area contributed by atoms with Crippen molar-refractivity contribution in [2.24, 2.45) is 7.05 Å². The number of Topliss-reactive ketones (excluding diaryl/α,β-unsaturated/α-hetero) is 1. The van der Waals surface area contributed by atoms with E-state index in [9.17, 15) is 18.4 Å². The third-order valence-corrected chi connectivity index (χ3v) is 4.71. The summed E-state index contributed by atoms with van der Waals surface area (Å²) in [5.41, 5.74) is 1.17. The molecule has 2 aromatic rings. The Bertz CT molecular complexity index is 800. The van der Waals surface area contributed by atoms with Crippen LogP contribution in [0.25, 0.3) is 0 Å². The molecule has 0 N–H and O–H groups in total. The summed E-state index contributed by atoms with van der Waals surface area (Å²) >= 11 is 0. The summed E-state index contributed by atoms with van der Waals surface area (Å²) in [7, 11) is 1.95. The van der Waals surface area contributed by atoms with Gasteiger partial charge in [0.2, 0.25) is 5.91 Å². The van der Waals surface area contributed by atoms with Gasteiger partial charge in [0.25, 0.3) is 0 Å². The van der Waals surface area contributed by atoms with Crippen molar-refractivity contribution < 1.29 is 18.4 Å². The first-order valence-electron chi connectivity index (χ1n) is 8.36. The van der Waals surface area contributed by atoms with E-state index in [1.807, 2.05) is 34.8 Å². The number of likely N-dealkylation sites (tertiary alicyclic amines) is 1. The van der Waals surface area contributed by atoms with Crippen molar-refractivity contribution in [3.63, 3.8) is 0 Å². The summed E-state index contributed by atoms with van der Waals surface area (Å²) in [5, 5.41) is 0. The lowest BCUT2D eigenvalue weighted by Gasteiger charge is -2.25. The van der Waals surface area contributed by atoms with E-state index in [0.717, 1.165) is 30.7 Å². The van der Waals surface area contributed by atoms with E-state index in [-0.39, 0.29) is 36.1 Å². The first-order chi connectivity index (χ1) is 12.0. The fraction of sp³-hybridized carbons (Fsp3) is 0.368. The van der Waals surface area contributed by atoms with Crippen LogP contribution in [0.4, 0.5) is 8.78 Å². The van der Waals surface area contributed by atoms with Crippen LogP contribution in [0.15, 0.2) is 36.5 Å². The molecule has 0 saturated carbocycles. The predicted molar refractivity (Wildman–Crippen MR) is 89.0 cm³/mol. The Morgan fingerprint density at radius 3 is 2.64 bits per heavy atom. The number of carbonyl (C=O) groups is 2.